The number of benzene rings is 2. The van der Waals surface area contributed by atoms with E-state index < -0.39 is 0 Å². The number of nitrogens with zero attached hydrogens (tertiary/aromatic N) is 3. The molecule has 0 saturated carbocycles. The summed E-state index contributed by atoms with van der Waals surface area (Å²) >= 11 is 0. The molecule has 1 heterocycles. The molecule has 0 spiro atoms. The molecule has 4 heteroatoms. The molecule has 26 heavy (non-hydrogen) atoms. The van der Waals surface area contributed by atoms with Gasteiger partial charge in [0, 0.05) is 31.7 Å². The molecule has 0 atom stereocenters. The Morgan fingerprint density at radius 1 is 0.846 bits per heavy atom. The van der Waals surface area contributed by atoms with Gasteiger partial charge >= 0.3 is 6.03 Å². The van der Waals surface area contributed by atoms with E-state index >= 15 is 0 Å². The molecule has 1 aromatic heterocycles. The number of hydrogen-bond donors (Lipinski definition) is 0. The molecule has 0 N–H and O–H groups in total. The summed E-state index contributed by atoms with van der Waals surface area (Å²) in [5, 5.41) is 0. The van der Waals surface area contributed by atoms with Gasteiger partial charge in [-0.3, -0.25) is 9.88 Å². The van der Waals surface area contributed by atoms with Crippen molar-refractivity contribution in [2.24, 2.45) is 0 Å². The highest BCUT2D eigenvalue weighted by molar-refractivity contribution is 5.91. The van der Waals surface area contributed by atoms with Crippen molar-refractivity contribution in [2.75, 3.05) is 18.5 Å². The van der Waals surface area contributed by atoms with E-state index in [0.29, 0.717) is 13.1 Å². The van der Waals surface area contributed by atoms with Crippen LogP contribution in [0.25, 0.3) is 0 Å². The second-order valence-electron chi connectivity index (χ2n) is 6.22. The van der Waals surface area contributed by atoms with Crippen molar-refractivity contribution < 1.29 is 4.79 Å². The summed E-state index contributed by atoms with van der Waals surface area (Å²) in [5.74, 6) is 0. The second kappa shape index (κ2) is 8.81. The normalized spacial score (nSPS) is 10.3. The molecular weight excluding hydrogens is 322 g/mol. The van der Waals surface area contributed by atoms with Gasteiger partial charge in [0.1, 0.15) is 0 Å². The summed E-state index contributed by atoms with van der Waals surface area (Å²) in [6, 6.07) is 23.8. The minimum Gasteiger partial charge on any atom is -0.327 e. The first-order chi connectivity index (χ1) is 12.7. The fourth-order valence-electron chi connectivity index (χ4n) is 2.79. The first-order valence-electron chi connectivity index (χ1n) is 8.74. The van der Waals surface area contributed by atoms with Crippen molar-refractivity contribution in [1.82, 2.24) is 9.88 Å². The van der Waals surface area contributed by atoms with Gasteiger partial charge in [0.2, 0.25) is 0 Å². The molecule has 0 aliphatic rings. The molecule has 3 aromatic rings. The number of anilines is 1. The molecule has 0 fully saturated rings. The molecule has 2 amide bonds. The highest BCUT2D eigenvalue weighted by Gasteiger charge is 2.19. The van der Waals surface area contributed by atoms with Gasteiger partial charge in [-0.15, -0.1) is 0 Å². The largest absolute Gasteiger partial charge is 0.327 e. The zero-order valence-electron chi connectivity index (χ0n) is 15.0. The van der Waals surface area contributed by atoms with E-state index in [-0.39, 0.29) is 6.03 Å². The summed E-state index contributed by atoms with van der Waals surface area (Å²) in [6.45, 7) is 1.20. The van der Waals surface area contributed by atoms with Gasteiger partial charge in [0.25, 0.3) is 0 Å². The first kappa shape index (κ1) is 17.7. The van der Waals surface area contributed by atoms with E-state index in [1.165, 1.54) is 5.56 Å². The Morgan fingerprint density at radius 3 is 2.12 bits per heavy atom. The molecule has 0 saturated heterocycles. The summed E-state index contributed by atoms with van der Waals surface area (Å²) in [4.78, 5) is 20.7. The Kier molecular flexibility index (Phi) is 5.99. The van der Waals surface area contributed by atoms with Crippen LogP contribution < -0.4 is 4.90 Å². The fourth-order valence-corrected chi connectivity index (χ4v) is 2.79. The van der Waals surface area contributed by atoms with Gasteiger partial charge in [0.15, 0.2) is 0 Å². The molecule has 4 nitrogen and oxygen atoms in total. The SMILES string of the molecule is CN(CCc1ccncc1)C(=O)N(Cc1ccccc1)c1ccccc1. The minimum absolute atomic E-state index is 0.00545. The van der Waals surface area contributed by atoms with Crippen LogP contribution in [0.4, 0.5) is 10.5 Å². The Hall–Kier alpha value is -3.14. The molecule has 132 valence electrons. The average molecular weight is 345 g/mol. The number of para-hydroxylation sites is 1. The van der Waals surface area contributed by atoms with Crippen molar-refractivity contribution in [2.45, 2.75) is 13.0 Å². The van der Waals surface area contributed by atoms with Gasteiger partial charge in [-0.2, -0.15) is 0 Å². The van der Waals surface area contributed by atoms with E-state index in [1.807, 2.05) is 84.7 Å². The summed E-state index contributed by atoms with van der Waals surface area (Å²) < 4.78 is 0. The molecule has 0 unspecified atom stereocenters. The summed E-state index contributed by atoms with van der Waals surface area (Å²) in [5.41, 5.74) is 3.18. The van der Waals surface area contributed by atoms with Crippen LogP contribution in [0.15, 0.2) is 85.2 Å². The lowest BCUT2D eigenvalue weighted by Gasteiger charge is -2.28. The van der Waals surface area contributed by atoms with Crippen LogP contribution in [-0.4, -0.2) is 29.5 Å². The molecule has 0 radical (unpaired) electrons. The molecule has 3 rings (SSSR count). The van der Waals surface area contributed by atoms with E-state index in [9.17, 15) is 4.79 Å². The number of hydrogen-bond acceptors (Lipinski definition) is 2. The van der Waals surface area contributed by atoms with Crippen LogP contribution in [0.1, 0.15) is 11.1 Å². The summed E-state index contributed by atoms with van der Waals surface area (Å²) in [7, 11) is 1.85. The van der Waals surface area contributed by atoms with E-state index in [1.54, 1.807) is 17.3 Å². The van der Waals surface area contributed by atoms with Gasteiger partial charge in [-0.1, -0.05) is 48.5 Å². The standard InChI is InChI=1S/C22H23N3O/c1-24(17-14-19-12-15-23-16-13-19)22(26)25(21-10-6-3-7-11-21)18-20-8-4-2-5-9-20/h2-13,15-16H,14,17-18H2,1H3. The molecule has 0 aliphatic heterocycles. The molecule has 0 aliphatic carbocycles. The maximum absolute atomic E-state index is 13.1. The quantitative estimate of drug-likeness (QED) is 0.664. The first-order valence-corrected chi connectivity index (χ1v) is 8.74. The lowest BCUT2D eigenvalue weighted by molar-refractivity contribution is 0.215. The smallest absolute Gasteiger partial charge is 0.324 e. The number of aromatic nitrogens is 1. The van der Waals surface area contributed by atoms with Gasteiger partial charge in [0.05, 0.1) is 6.54 Å². The average Bonchev–Trinajstić information content (AvgIpc) is 2.72. The number of amides is 2. The Morgan fingerprint density at radius 2 is 1.46 bits per heavy atom. The zero-order valence-corrected chi connectivity index (χ0v) is 15.0. The van der Waals surface area contributed by atoms with Crippen molar-refractivity contribution in [1.29, 1.82) is 0 Å². The van der Waals surface area contributed by atoms with Crippen LogP contribution >= 0.6 is 0 Å². The fraction of sp³-hybridized carbons (Fsp3) is 0.182. The molecule has 0 bridgehead atoms. The van der Waals surface area contributed by atoms with E-state index in [4.69, 9.17) is 0 Å². The van der Waals surface area contributed by atoms with Gasteiger partial charge < -0.3 is 4.90 Å². The number of urea groups is 1. The topological polar surface area (TPSA) is 36.4 Å². The van der Waals surface area contributed by atoms with Crippen LogP contribution in [-0.2, 0) is 13.0 Å². The second-order valence-corrected chi connectivity index (χ2v) is 6.22. The maximum Gasteiger partial charge on any atom is 0.324 e. The molecular formula is C22H23N3O. The number of pyridine rings is 1. The Balaban J connectivity index is 1.73. The predicted octanol–water partition coefficient (Wildman–Crippen LogP) is 4.38. The Bertz CT molecular complexity index is 807. The van der Waals surface area contributed by atoms with Crippen LogP contribution in [0.5, 0.6) is 0 Å². The third kappa shape index (κ3) is 4.70. The summed E-state index contributed by atoms with van der Waals surface area (Å²) in [6.07, 6.45) is 4.37. The van der Waals surface area contributed by atoms with E-state index in [0.717, 1.165) is 17.7 Å². The number of carbonyl (C=O) groups is 1. The van der Waals surface area contributed by atoms with Crippen LogP contribution in [0.3, 0.4) is 0 Å². The maximum atomic E-state index is 13.1. The van der Waals surface area contributed by atoms with Gasteiger partial charge in [-0.05, 0) is 41.8 Å². The predicted molar refractivity (Wildman–Crippen MR) is 105 cm³/mol. The van der Waals surface area contributed by atoms with Gasteiger partial charge in [-0.25, -0.2) is 4.79 Å². The highest BCUT2D eigenvalue weighted by Crippen LogP contribution is 2.18. The zero-order chi connectivity index (χ0) is 18.2. The van der Waals surface area contributed by atoms with Crippen molar-refractivity contribution in [3.63, 3.8) is 0 Å². The third-order valence-corrected chi connectivity index (χ3v) is 4.29. The van der Waals surface area contributed by atoms with Crippen molar-refractivity contribution in [3.05, 3.63) is 96.3 Å². The highest BCUT2D eigenvalue weighted by atomic mass is 16.2. The lowest BCUT2D eigenvalue weighted by atomic mass is 10.2. The minimum atomic E-state index is -0.00545. The number of likely N-dealkylation sites (N-methyl/N-ethyl adjacent to an activating group) is 1. The van der Waals surface area contributed by atoms with Crippen LogP contribution in [0.2, 0.25) is 0 Å². The number of rotatable bonds is 6. The Labute approximate surface area is 154 Å². The van der Waals surface area contributed by atoms with Crippen molar-refractivity contribution >= 4 is 11.7 Å². The number of carbonyl (C=O) groups excluding carboxylic acids is 1. The lowest BCUT2D eigenvalue weighted by Crippen LogP contribution is -2.41. The van der Waals surface area contributed by atoms with Crippen LogP contribution in [0, 0.1) is 0 Å². The molecule has 2 aromatic carbocycles. The third-order valence-electron chi connectivity index (χ3n) is 4.29. The van der Waals surface area contributed by atoms with E-state index in [2.05, 4.69) is 4.98 Å². The monoisotopic (exact) mass is 345 g/mol. The van der Waals surface area contributed by atoms with Crippen molar-refractivity contribution in [3.8, 4) is 0 Å².